The van der Waals surface area contributed by atoms with Crippen LogP contribution >= 0.6 is 23.1 Å². The highest BCUT2D eigenvalue weighted by Crippen LogP contribution is 2.25. The van der Waals surface area contributed by atoms with Gasteiger partial charge in [-0.05, 0) is 24.7 Å². The van der Waals surface area contributed by atoms with Crippen LogP contribution in [0.2, 0.25) is 0 Å². The highest BCUT2D eigenvalue weighted by molar-refractivity contribution is 7.99. The molecule has 0 fully saturated rings. The molecular weight excluding hydrogens is 260 g/mol. The lowest BCUT2D eigenvalue weighted by molar-refractivity contribution is -0.137. The quantitative estimate of drug-likeness (QED) is 0.562. The molecule has 1 aromatic rings. The molecule has 0 amide bonds. The monoisotopic (exact) mass is 274 g/mol. The number of aliphatic carboxylic acids is 1. The van der Waals surface area contributed by atoms with Crippen LogP contribution in [0, 0.1) is 0 Å². The molecule has 0 aliphatic rings. The van der Waals surface area contributed by atoms with Crippen LogP contribution in [0.25, 0.3) is 0 Å². The molecule has 1 heterocycles. The van der Waals surface area contributed by atoms with Crippen molar-refractivity contribution >= 4 is 35.0 Å². The van der Waals surface area contributed by atoms with Crippen molar-refractivity contribution in [1.29, 1.82) is 0 Å². The first-order valence-electron chi connectivity index (χ1n) is 5.26. The fourth-order valence-corrected chi connectivity index (χ4v) is 3.14. The van der Waals surface area contributed by atoms with E-state index >= 15 is 0 Å². The van der Waals surface area contributed by atoms with Crippen LogP contribution in [0.1, 0.15) is 35.4 Å². The number of thiophene rings is 1. The van der Waals surface area contributed by atoms with Gasteiger partial charge in [0.15, 0.2) is 0 Å². The van der Waals surface area contributed by atoms with Crippen molar-refractivity contribution in [2.75, 3.05) is 5.75 Å². The standard InChI is InChI=1S/C11H14O4S2/c12-10(13)4-2-1-3-5-16-8-6-9(11(14)15)17-7-8/h6-7H,1-5H2,(H,12,13)(H,14,15). The fraction of sp³-hybridized carbons (Fsp3) is 0.455. The van der Waals surface area contributed by atoms with E-state index in [0.29, 0.717) is 11.3 Å². The highest BCUT2D eigenvalue weighted by atomic mass is 32.2. The third kappa shape index (κ3) is 5.74. The van der Waals surface area contributed by atoms with E-state index in [2.05, 4.69) is 0 Å². The van der Waals surface area contributed by atoms with E-state index in [1.807, 2.05) is 5.38 Å². The summed E-state index contributed by atoms with van der Waals surface area (Å²) >= 11 is 2.85. The number of unbranched alkanes of at least 4 members (excludes halogenated alkanes) is 2. The molecule has 1 rings (SSSR count). The lowest BCUT2D eigenvalue weighted by Gasteiger charge is -1.98. The van der Waals surface area contributed by atoms with Gasteiger partial charge in [-0.15, -0.1) is 23.1 Å². The fourth-order valence-electron chi connectivity index (χ4n) is 1.25. The first-order valence-corrected chi connectivity index (χ1v) is 7.12. The largest absolute Gasteiger partial charge is 0.481 e. The molecule has 0 aliphatic heterocycles. The molecule has 6 heteroatoms. The minimum Gasteiger partial charge on any atom is -0.481 e. The van der Waals surface area contributed by atoms with Gasteiger partial charge in [0.1, 0.15) is 4.88 Å². The zero-order valence-electron chi connectivity index (χ0n) is 9.22. The van der Waals surface area contributed by atoms with Crippen molar-refractivity contribution in [1.82, 2.24) is 0 Å². The van der Waals surface area contributed by atoms with Crippen LogP contribution in [0.4, 0.5) is 0 Å². The van der Waals surface area contributed by atoms with Crippen LogP contribution in [0.15, 0.2) is 16.3 Å². The zero-order valence-corrected chi connectivity index (χ0v) is 10.9. The van der Waals surface area contributed by atoms with Gasteiger partial charge in [-0.1, -0.05) is 6.42 Å². The molecular formula is C11H14O4S2. The number of carboxylic acid groups (broad SMARTS) is 2. The van der Waals surface area contributed by atoms with E-state index in [9.17, 15) is 9.59 Å². The van der Waals surface area contributed by atoms with Gasteiger partial charge in [0, 0.05) is 16.7 Å². The Morgan fingerprint density at radius 1 is 1.24 bits per heavy atom. The van der Waals surface area contributed by atoms with Crippen LogP contribution in [-0.4, -0.2) is 27.9 Å². The van der Waals surface area contributed by atoms with Crippen LogP contribution in [-0.2, 0) is 4.79 Å². The Labute approximate surface area is 108 Å². The van der Waals surface area contributed by atoms with E-state index in [1.54, 1.807) is 17.8 Å². The van der Waals surface area contributed by atoms with Crippen molar-refractivity contribution in [2.45, 2.75) is 30.6 Å². The summed E-state index contributed by atoms with van der Waals surface area (Å²) in [4.78, 5) is 22.2. The maximum absolute atomic E-state index is 10.6. The molecule has 94 valence electrons. The number of thioether (sulfide) groups is 1. The Kier molecular flexibility index (Phi) is 6.07. The van der Waals surface area contributed by atoms with Gasteiger partial charge in [0.25, 0.3) is 0 Å². The molecule has 1 aromatic heterocycles. The maximum atomic E-state index is 10.6. The van der Waals surface area contributed by atoms with Crippen molar-refractivity contribution in [2.24, 2.45) is 0 Å². The smallest absolute Gasteiger partial charge is 0.345 e. The predicted molar refractivity (Wildman–Crippen MR) is 68.1 cm³/mol. The molecule has 0 aromatic carbocycles. The Morgan fingerprint density at radius 2 is 2.00 bits per heavy atom. The van der Waals surface area contributed by atoms with Gasteiger partial charge in [-0.25, -0.2) is 4.79 Å². The molecule has 4 nitrogen and oxygen atoms in total. The van der Waals surface area contributed by atoms with Crippen LogP contribution in [0.3, 0.4) is 0 Å². The van der Waals surface area contributed by atoms with Crippen LogP contribution < -0.4 is 0 Å². The summed E-state index contributed by atoms with van der Waals surface area (Å²) in [7, 11) is 0. The highest BCUT2D eigenvalue weighted by Gasteiger charge is 2.06. The van der Waals surface area contributed by atoms with Gasteiger partial charge in [-0.2, -0.15) is 0 Å². The third-order valence-electron chi connectivity index (χ3n) is 2.09. The van der Waals surface area contributed by atoms with Crippen molar-refractivity contribution in [3.05, 3.63) is 16.3 Å². The average molecular weight is 274 g/mol. The first-order chi connectivity index (χ1) is 8.09. The number of rotatable bonds is 8. The summed E-state index contributed by atoms with van der Waals surface area (Å²) in [5.74, 6) is -0.736. The van der Waals surface area contributed by atoms with Crippen molar-refractivity contribution in [3.8, 4) is 0 Å². The lowest BCUT2D eigenvalue weighted by Crippen LogP contribution is -1.93. The van der Waals surface area contributed by atoms with E-state index in [0.717, 1.165) is 23.5 Å². The summed E-state index contributed by atoms with van der Waals surface area (Å²) in [6.07, 6.45) is 2.79. The molecule has 0 aliphatic carbocycles. The van der Waals surface area contributed by atoms with Gasteiger partial charge >= 0.3 is 11.9 Å². The molecule has 0 saturated carbocycles. The Hall–Kier alpha value is -1.01. The van der Waals surface area contributed by atoms with E-state index in [1.165, 1.54) is 11.3 Å². The second-order valence-electron chi connectivity index (χ2n) is 3.50. The number of hydrogen-bond acceptors (Lipinski definition) is 4. The average Bonchev–Trinajstić information content (AvgIpc) is 2.71. The van der Waals surface area contributed by atoms with Gasteiger partial charge < -0.3 is 10.2 Å². The number of carboxylic acids is 2. The maximum Gasteiger partial charge on any atom is 0.345 e. The lowest BCUT2D eigenvalue weighted by atomic mass is 10.2. The molecule has 17 heavy (non-hydrogen) atoms. The number of carbonyl (C=O) groups is 2. The predicted octanol–water partition coefficient (Wildman–Crippen LogP) is 3.18. The molecule has 0 unspecified atom stereocenters. The van der Waals surface area contributed by atoms with Crippen LogP contribution in [0.5, 0.6) is 0 Å². The molecule has 2 N–H and O–H groups in total. The molecule has 0 radical (unpaired) electrons. The zero-order chi connectivity index (χ0) is 12.7. The first kappa shape index (κ1) is 14.1. The summed E-state index contributed by atoms with van der Waals surface area (Å²) in [6.45, 7) is 0. The van der Waals surface area contributed by atoms with Gasteiger partial charge in [0.05, 0.1) is 0 Å². The number of hydrogen-bond donors (Lipinski definition) is 2. The summed E-state index contributed by atoms with van der Waals surface area (Å²) in [6, 6.07) is 1.68. The van der Waals surface area contributed by atoms with E-state index in [4.69, 9.17) is 10.2 Å². The molecule has 0 saturated heterocycles. The minimum absolute atomic E-state index is 0.228. The SMILES string of the molecule is O=C(O)CCCCCSc1csc(C(=O)O)c1. The van der Waals surface area contributed by atoms with Gasteiger partial charge in [-0.3, -0.25) is 4.79 Å². The van der Waals surface area contributed by atoms with Gasteiger partial charge in [0.2, 0.25) is 0 Å². The molecule has 0 bridgehead atoms. The second-order valence-corrected chi connectivity index (χ2v) is 5.58. The molecule has 0 spiro atoms. The Balaban J connectivity index is 2.13. The molecule has 0 atom stereocenters. The minimum atomic E-state index is -0.886. The summed E-state index contributed by atoms with van der Waals surface area (Å²) in [5.41, 5.74) is 0. The van der Waals surface area contributed by atoms with Crippen molar-refractivity contribution in [3.63, 3.8) is 0 Å². The van der Waals surface area contributed by atoms with Crippen molar-refractivity contribution < 1.29 is 19.8 Å². The normalized spacial score (nSPS) is 10.4. The number of aromatic carboxylic acids is 1. The van der Waals surface area contributed by atoms with E-state index in [-0.39, 0.29) is 6.42 Å². The summed E-state index contributed by atoms with van der Waals surface area (Å²) < 4.78 is 0. The summed E-state index contributed by atoms with van der Waals surface area (Å²) in [5, 5.41) is 19.0. The third-order valence-corrected chi connectivity index (χ3v) is 4.22. The Bertz CT molecular complexity index is 387. The topological polar surface area (TPSA) is 74.6 Å². The Morgan fingerprint density at radius 3 is 2.59 bits per heavy atom. The van der Waals surface area contributed by atoms with E-state index < -0.39 is 11.9 Å². The second kappa shape index (κ2) is 7.34.